The van der Waals surface area contributed by atoms with Crippen molar-refractivity contribution in [2.75, 3.05) is 40.0 Å². The number of rotatable bonds is 7. The first-order valence-corrected chi connectivity index (χ1v) is 7.27. The van der Waals surface area contributed by atoms with Gasteiger partial charge in [0.1, 0.15) is 0 Å². The van der Waals surface area contributed by atoms with Crippen LogP contribution >= 0.6 is 0 Å². The minimum atomic E-state index is -0.0336. The summed E-state index contributed by atoms with van der Waals surface area (Å²) >= 11 is 0. The molecule has 6 nitrogen and oxygen atoms in total. The Morgan fingerprint density at radius 1 is 1.52 bits per heavy atom. The summed E-state index contributed by atoms with van der Waals surface area (Å²) in [5.74, 6) is 0.0950. The van der Waals surface area contributed by atoms with Crippen LogP contribution < -0.4 is 5.32 Å². The highest BCUT2D eigenvalue weighted by Gasteiger charge is 2.21. The first kappa shape index (κ1) is 15.9. The molecule has 2 heterocycles. The van der Waals surface area contributed by atoms with Gasteiger partial charge in [0.2, 0.25) is 5.91 Å². The zero-order valence-electron chi connectivity index (χ0n) is 12.5. The molecule has 1 N–H and O–H groups in total. The molecule has 1 aromatic heterocycles. The van der Waals surface area contributed by atoms with Crippen LogP contribution in [0.1, 0.15) is 12.0 Å². The zero-order valence-corrected chi connectivity index (χ0v) is 12.5. The number of carbonyl (C=O) groups is 1. The van der Waals surface area contributed by atoms with E-state index in [1.165, 1.54) is 0 Å². The summed E-state index contributed by atoms with van der Waals surface area (Å²) in [7, 11) is 1.64. The first-order valence-electron chi connectivity index (χ1n) is 7.27. The SMILES string of the molecule is COCCN(Cc1ccncc1)C(=O)CC1CNCCO1. The summed E-state index contributed by atoms with van der Waals surface area (Å²) in [6, 6.07) is 3.84. The fourth-order valence-corrected chi connectivity index (χ4v) is 2.28. The second-order valence-corrected chi connectivity index (χ2v) is 5.06. The van der Waals surface area contributed by atoms with Crippen molar-refractivity contribution in [2.45, 2.75) is 19.1 Å². The topological polar surface area (TPSA) is 63.7 Å². The van der Waals surface area contributed by atoms with Crippen LogP contribution in [0.3, 0.4) is 0 Å². The van der Waals surface area contributed by atoms with E-state index in [9.17, 15) is 4.79 Å². The van der Waals surface area contributed by atoms with Gasteiger partial charge in [-0.25, -0.2) is 0 Å². The highest BCUT2D eigenvalue weighted by molar-refractivity contribution is 5.76. The molecule has 0 aromatic carbocycles. The van der Waals surface area contributed by atoms with E-state index in [2.05, 4.69) is 10.3 Å². The lowest BCUT2D eigenvalue weighted by atomic mass is 10.2. The summed E-state index contributed by atoms with van der Waals surface area (Å²) in [6.07, 6.45) is 3.85. The molecule has 1 aliphatic heterocycles. The molecule has 0 bridgehead atoms. The Bertz CT molecular complexity index is 421. The van der Waals surface area contributed by atoms with Crippen molar-refractivity contribution >= 4 is 5.91 Å². The average Bonchev–Trinajstić information content (AvgIpc) is 2.53. The van der Waals surface area contributed by atoms with Gasteiger partial charge in [-0.2, -0.15) is 0 Å². The smallest absolute Gasteiger partial charge is 0.225 e. The highest BCUT2D eigenvalue weighted by Crippen LogP contribution is 2.09. The molecule has 2 rings (SSSR count). The van der Waals surface area contributed by atoms with Crippen LogP contribution in [0.4, 0.5) is 0 Å². The van der Waals surface area contributed by atoms with Gasteiger partial charge in [0.05, 0.1) is 25.7 Å². The number of nitrogens with zero attached hydrogens (tertiary/aromatic N) is 2. The Morgan fingerprint density at radius 3 is 3.00 bits per heavy atom. The van der Waals surface area contributed by atoms with Gasteiger partial charge < -0.3 is 19.7 Å². The number of aromatic nitrogens is 1. The number of amides is 1. The van der Waals surface area contributed by atoms with E-state index >= 15 is 0 Å². The maximum Gasteiger partial charge on any atom is 0.225 e. The van der Waals surface area contributed by atoms with Crippen LogP contribution in [0.2, 0.25) is 0 Å². The van der Waals surface area contributed by atoms with E-state index in [1.54, 1.807) is 19.5 Å². The molecule has 1 fully saturated rings. The number of morpholine rings is 1. The lowest BCUT2D eigenvalue weighted by molar-refractivity contribution is -0.136. The van der Waals surface area contributed by atoms with E-state index in [1.807, 2.05) is 17.0 Å². The Labute approximate surface area is 125 Å². The number of hydrogen-bond acceptors (Lipinski definition) is 5. The molecular formula is C15H23N3O3. The summed E-state index contributed by atoms with van der Waals surface area (Å²) < 4.78 is 10.7. The van der Waals surface area contributed by atoms with Crippen LogP contribution in [0.5, 0.6) is 0 Å². The standard InChI is InChI=1S/C15H23N3O3/c1-20-9-7-18(12-13-2-4-16-5-3-13)15(19)10-14-11-17-6-8-21-14/h2-5,14,17H,6-12H2,1H3. The molecule has 116 valence electrons. The van der Waals surface area contributed by atoms with Crippen LogP contribution in [0.25, 0.3) is 0 Å². The minimum Gasteiger partial charge on any atom is -0.383 e. The molecule has 1 aromatic rings. The minimum absolute atomic E-state index is 0.0336. The molecule has 1 atom stereocenters. The van der Waals surface area contributed by atoms with Gasteiger partial charge >= 0.3 is 0 Å². The van der Waals surface area contributed by atoms with Crippen molar-refractivity contribution in [3.8, 4) is 0 Å². The molecule has 1 amide bonds. The van der Waals surface area contributed by atoms with Crippen LogP contribution in [0.15, 0.2) is 24.5 Å². The van der Waals surface area contributed by atoms with Gasteiger partial charge in [0.15, 0.2) is 0 Å². The monoisotopic (exact) mass is 293 g/mol. The van der Waals surface area contributed by atoms with Crippen molar-refractivity contribution in [3.05, 3.63) is 30.1 Å². The highest BCUT2D eigenvalue weighted by atomic mass is 16.5. The Balaban J connectivity index is 1.92. The normalized spacial score (nSPS) is 18.4. The number of nitrogens with one attached hydrogen (secondary N) is 1. The predicted molar refractivity (Wildman–Crippen MR) is 78.8 cm³/mol. The fourth-order valence-electron chi connectivity index (χ4n) is 2.28. The number of hydrogen-bond donors (Lipinski definition) is 1. The van der Waals surface area contributed by atoms with Gasteiger partial charge in [-0.05, 0) is 17.7 Å². The Morgan fingerprint density at radius 2 is 2.33 bits per heavy atom. The molecule has 0 spiro atoms. The molecule has 0 aliphatic carbocycles. The largest absolute Gasteiger partial charge is 0.383 e. The summed E-state index contributed by atoms with van der Waals surface area (Å²) in [5.41, 5.74) is 1.07. The molecule has 1 aliphatic rings. The third-order valence-electron chi connectivity index (χ3n) is 3.45. The van der Waals surface area contributed by atoms with Crippen molar-refractivity contribution in [1.82, 2.24) is 15.2 Å². The van der Waals surface area contributed by atoms with Crippen LogP contribution in [0, 0.1) is 0 Å². The summed E-state index contributed by atoms with van der Waals surface area (Å²) in [5, 5.41) is 3.24. The molecule has 1 unspecified atom stereocenters. The first-order chi connectivity index (χ1) is 10.3. The maximum atomic E-state index is 12.5. The predicted octanol–water partition coefficient (Wildman–Crippen LogP) is 0.435. The third kappa shape index (κ3) is 5.41. The van der Waals surface area contributed by atoms with E-state index in [4.69, 9.17) is 9.47 Å². The lowest BCUT2D eigenvalue weighted by Gasteiger charge is -2.27. The number of methoxy groups -OCH3 is 1. The quantitative estimate of drug-likeness (QED) is 0.790. The second kappa shape index (κ2) is 8.71. The van der Waals surface area contributed by atoms with E-state index in [-0.39, 0.29) is 12.0 Å². The fraction of sp³-hybridized carbons (Fsp3) is 0.600. The van der Waals surface area contributed by atoms with Crippen LogP contribution in [-0.2, 0) is 20.8 Å². The average molecular weight is 293 g/mol. The second-order valence-electron chi connectivity index (χ2n) is 5.06. The molecule has 6 heteroatoms. The Kier molecular flexibility index (Phi) is 6.59. The lowest BCUT2D eigenvalue weighted by Crippen LogP contribution is -2.43. The van der Waals surface area contributed by atoms with Crippen molar-refractivity contribution < 1.29 is 14.3 Å². The molecule has 0 saturated carbocycles. The van der Waals surface area contributed by atoms with Crippen LogP contribution in [-0.4, -0.2) is 61.9 Å². The van der Waals surface area contributed by atoms with Gasteiger partial charge in [-0.1, -0.05) is 0 Å². The van der Waals surface area contributed by atoms with Crippen molar-refractivity contribution in [3.63, 3.8) is 0 Å². The molecular weight excluding hydrogens is 270 g/mol. The van der Waals surface area contributed by atoms with Gasteiger partial charge in [0.25, 0.3) is 0 Å². The molecule has 21 heavy (non-hydrogen) atoms. The summed E-state index contributed by atoms with van der Waals surface area (Å²) in [6.45, 7) is 3.94. The third-order valence-corrected chi connectivity index (χ3v) is 3.45. The molecule has 1 saturated heterocycles. The van der Waals surface area contributed by atoms with Gasteiger partial charge in [-0.3, -0.25) is 9.78 Å². The van der Waals surface area contributed by atoms with Gasteiger partial charge in [0, 0.05) is 45.7 Å². The zero-order chi connectivity index (χ0) is 14.9. The maximum absolute atomic E-state index is 12.5. The van der Waals surface area contributed by atoms with Crippen molar-refractivity contribution in [1.29, 1.82) is 0 Å². The van der Waals surface area contributed by atoms with E-state index in [0.29, 0.717) is 32.7 Å². The van der Waals surface area contributed by atoms with Gasteiger partial charge in [-0.15, -0.1) is 0 Å². The Hall–Kier alpha value is -1.50. The molecule has 0 radical (unpaired) electrons. The number of ether oxygens (including phenoxy) is 2. The summed E-state index contributed by atoms with van der Waals surface area (Å²) in [4.78, 5) is 18.3. The number of pyridine rings is 1. The number of carbonyl (C=O) groups excluding carboxylic acids is 1. The van der Waals surface area contributed by atoms with E-state index in [0.717, 1.165) is 18.7 Å². The van der Waals surface area contributed by atoms with E-state index < -0.39 is 0 Å². The van der Waals surface area contributed by atoms with Crippen molar-refractivity contribution in [2.24, 2.45) is 0 Å².